The van der Waals surface area contributed by atoms with E-state index in [1.54, 1.807) is 6.08 Å². The van der Waals surface area contributed by atoms with Crippen LogP contribution in [0.15, 0.2) is 53.1 Å². The quantitative estimate of drug-likeness (QED) is 0.851. The molecule has 2 aliphatic heterocycles. The molecule has 0 unspecified atom stereocenters. The molecule has 3 rings (SSSR count). The van der Waals surface area contributed by atoms with Crippen LogP contribution in [0.1, 0.15) is 12.5 Å². The molecule has 4 nitrogen and oxygen atoms in total. The number of benzene rings is 1. The van der Waals surface area contributed by atoms with Crippen LogP contribution in [0.25, 0.3) is 6.08 Å². The molecular formula is C16H14N2O2S. The van der Waals surface area contributed by atoms with Crippen LogP contribution < -0.4 is 10.2 Å². The molecule has 2 aliphatic rings. The fraction of sp³-hybridized carbons (Fsp3) is 0.125. The summed E-state index contributed by atoms with van der Waals surface area (Å²) < 4.78 is 0. The van der Waals surface area contributed by atoms with E-state index in [-0.39, 0.29) is 11.1 Å². The maximum Gasteiger partial charge on any atom is 0.290 e. The summed E-state index contributed by atoms with van der Waals surface area (Å²) in [6, 6.07) is 8.17. The maximum absolute atomic E-state index is 11.5. The molecule has 1 saturated heterocycles. The van der Waals surface area contributed by atoms with Gasteiger partial charge < -0.3 is 4.90 Å². The summed E-state index contributed by atoms with van der Waals surface area (Å²) in [4.78, 5) is 25.3. The Morgan fingerprint density at radius 3 is 2.71 bits per heavy atom. The Bertz CT molecular complexity index is 704. The van der Waals surface area contributed by atoms with Crippen molar-refractivity contribution in [1.82, 2.24) is 5.32 Å². The number of allylic oxidation sites excluding steroid dienone is 3. The van der Waals surface area contributed by atoms with Gasteiger partial charge >= 0.3 is 0 Å². The van der Waals surface area contributed by atoms with Gasteiger partial charge in [0.15, 0.2) is 0 Å². The third kappa shape index (κ3) is 2.64. The molecule has 0 aliphatic carbocycles. The Morgan fingerprint density at radius 1 is 1.19 bits per heavy atom. The van der Waals surface area contributed by atoms with E-state index in [0.29, 0.717) is 4.91 Å². The second-order valence-electron chi connectivity index (χ2n) is 4.60. The molecule has 0 radical (unpaired) electrons. The van der Waals surface area contributed by atoms with Gasteiger partial charge in [0.2, 0.25) is 0 Å². The summed E-state index contributed by atoms with van der Waals surface area (Å²) in [6.45, 7) is 2.91. The van der Waals surface area contributed by atoms with Crippen molar-refractivity contribution in [3.05, 3.63) is 58.7 Å². The first-order valence-electron chi connectivity index (χ1n) is 6.69. The van der Waals surface area contributed by atoms with E-state index < -0.39 is 0 Å². The number of hydrogen-bond donors (Lipinski definition) is 1. The van der Waals surface area contributed by atoms with Crippen molar-refractivity contribution in [3.63, 3.8) is 0 Å². The third-order valence-corrected chi connectivity index (χ3v) is 4.17. The van der Waals surface area contributed by atoms with Crippen LogP contribution in [0.2, 0.25) is 0 Å². The lowest BCUT2D eigenvalue weighted by molar-refractivity contribution is -0.115. The fourth-order valence-electron chi connectivity index (χ4n) is 2.37. The Balaban J connectivity index is 1.93. The van der Waals surface area contributed by atoms with E-state index in [2.05, 4.69) is 35.3 Å². The lowest BCUT2D eigenvalue weighted by Crippen LogP contribution is -2.23. The second-order valence-corrected chi connectivity index (χ2v) is 5.62. The molecule has 21 heavy (non-hydrogen) atoms. The zero-order valence-corrected chi connectivity index (χ0v) is 12.3. The van der Waals surface area contributed by atoms with Crippen molar-refractivity contribution in [2.75, 3.05) is 11.4 Å². The summed E-state index contributed by atoms with van der Waals surface area (Å²) in [5, 5.41) is 1.93. The summed E-state index contributed by atoms with van der Waals surface area (Å²) in [5.74, 6) is -0.329. The van der Waals surface area contributed by atoms with Gasteiger partial charge in [-0.1, -0.05) is 24.3 Å². The minimum atomic E-state index is -0.329. The first-order chi connectivity index (χ1) is 10.2. The number of carbonyl (C=O) groups excluding carboxylic acids is 2. The molecule has 0 bridgehead atoms. The topological polar surface area (TPSA) is 49.4 Å². The van der Waals surface area contributed by atoms with Gasteiger partial charge in [-0.15, -0.1) is 0 Å². The first-order valence-corrected chi connectivity index (χ1v) is 7.50. The number of imide groups is 1. The summed E-state index contributed by atoms with van der Waals surface area (Å²) >= 11 is 0.931. The van der Waals surface area contributed by atoms with E-state index in [9.17, 15) is 9.59 Å². The van der Waals surface area contributed by atoms with Crippen LogP contribution in [-0.4, -0.2) is 17.7 Å². The van der Waals surface area contributed by atoms with E-state index in [4.69, 9.17) is 0 Å². The molecule has 1 N–H and O–H groups in total. The summed E-state index contributed by atoms with van der Waals surface area (Å²) in [5.41, 5.74) is 3.32. The lowest BCUT2D eigenvalue weighted by Gasteiger charge is -2.29. The Kier molecular flexibility index (Phi) is 3.66. The van der Waals surface area contributed by atoms with E-state index >= 15 is 0 Å². The van der Waals surface area contributed by atoms with Gasteiger partial charge in [0, 0.05) is 17.9 Å². The molecule has 1 aromatic carbocycles. The Labute approximate surface area is 127 Å². The van der Waals surface area contributed by atoms with Gasteiger partial charge in [-0.2, -0.15) is 0 Å². The van der Waals surface area contributed by atoms with Gasteiger partial charge in [0.05, 0.1) is 4.91 Å². The van der Waals surface area contributed by atoms with Gasteiger partial charge in [0.1, 0.15) is 0 Å². The van der Waals surface area contributed by atoms with Gasteiger partial charge in [-0.3, -0.25) is 14.9 Å². The SMILES string of the molecule is CCN1/C(=C/C=C2\SC(=O)NC2=O)C=Cc2ccccc21. The number of nitrogens with one attached hydrogen (secondary N) is 1. The standard InChI is InChI=1S/C16H14N2O2S/c1-2-18-12(8-7-11-5-3-4-6-13(11)18)9-10-14-15(19)17-16(20)21-14/h3-10H,2H2,1H3,(H,17,19,20)/b12-9+,14-10-. The number of likely N-dealkylation sites (N-methyl/N-ethyl adjacent to an activating group) is 1. The number of fused-ring (bicyclic) bond motifs is 1. The smallest absolute Gasteiger partial charge is 0.290 e. The van der Waals surface area contributed by atoms with Crippen molar-refractivity contribution in [1.29, 1.82) is 0 Å². The molecule has 1 fully saturated rings. The number of nitrogens with zero attached hydrogens (tertiary/aromatic N) is 1. The largest absolute Gasteiger partial charge is 0.341 e. The van der Waals surface area contributed by atoms with E-state index in [0.717, 1.165) is 29.7 Å². The van der Waals surface area contributed by atoms with Crippen molar-refractivity contribution in [2.24, 2.45) is 0 Å². The highest BCUT2D eigenvalue weighted by molar-refractivity contribution is 8.18. The zero-order valence-electron chi connectivity index (χ0n) is 11.5. The minimum Gasteiger partial charge on any atom is -0.341 e. The average molecular weight is 298 g/mol. The molecule has 0 aromatic heterocycles. The van der Waals surface area contributed by atoms with Crippen LogP contribution in [0.5, 0.6) is 0 Å². The Morgan fingerprint density at radius 2 is 2.00 bits per heavy atom. The molecule has 5 heteroatoms. The normalized spacial score (nSPS) is 21.1. The van der Waals surface area contributed by atoms with Crippen LogP contribution in [0.3, 0.4) is 0 Å². The van der Waals surface area contributed by atoms with Gasteiger partial charge in [-0.05, 0) is 48.5 Å². The molecular weight excluding hydrogens is 284 g/mol. The summed E-state index contributed by atoms with van der Waals surface area (Å²) in [7, 11) is 0. The predicted octanol–water partition coefficient (Wildman–Crippen LogP) is 3.29. The molecule has 2 amide bonds. The summed E-state index contributed by atoms with van der Waals surface area (Å²) in [6.07, 6.45) is 7.64. The van der Waals surface area contributed by atoms with Crippen molar-refractivity contribution in [2.45, 2.75) is 6.92 Å². The zero-order chi connectivity index (χ0) is 14.8. The lowest BCUT2D eigenvalue weighted by atomic mass is 10.1. The number of rotatable bonds is 2. The van der Waals surface area contributed by atoms with Crippen molar-refractivity contribution >= 4 is 34.7 Å². The molecule has 0 saturated carbocycles. The van der Waals surface area contributed by atoms with Gasteiger partial charge in [0.25, 0.3) is 11.1 Å². The number of hydrogen-bond acceptors (Lipinski definition) is 4. The molecule has 2 heterocycles. The first kappa shape index (κ1) is 13.7. The van der Waals surface area contributed by atoms with Gasteiger partial charge in [-0.25, -0.2) is 0 Å². The fourth-order valence-corrected chi connectivity index (χ4v) is 3.00. The van der Waals surface area contributed by atoms with Crippen LogP contribution in [-0.2, 0) is 4.79 Å². The number of thioether (sulfide) groups is 1. The highest BCUT2D eigenvalue weighted by Gasteiger charge is 2.24. The van der Waals surface area contributed by atoms with Crippen LogP contribution >= 0.6 is 11.8 Å². The molecule has 0 spiro atoms. The molecule has 0 atom stereocenters. The predicted molar refractivity (Wildman–Crippen MR) is 85.8 cm³/mol. The monoisotopic (exact) mass is 298 g/mol. The number of para-hydroxylation sites is 1. The van der Waals surface area contributed by atoms with Crippen molar-refractivity contribution < 1.29 is 9.59 Å². The molecule has 1 aromatic rings. The van der Waals surface area contributed by atoms with E-state index in [1.807, 2.05) is 24.3 Å². The van der Waals surface area contributed by atoms with Crippen LogP contribution in [0, 0.1) is 0 Å². The highest BCUT2D eigenvalue weighted by atomic mass is 32.2. The highest BCUT2D eigenvalue weighted by Crippen LogP contribution is 2.31. The van der Waals surface area contributed by atoms with E-state index in [1.165, 1.54) is 5.56 Å². The maximum atomic E-state index is 11.5. The number of anilines is 1. The number of carbonyl (C=O) groups is 2. The average Bonchev–Trinajstić information content (AvgIpc) is 2.82. The van der Waals surface area contributed by atoms with Crippen molar-refractivity contribution in [3.8, 4) is 0 Å². The third-order valence-electron chi connectivity index (χ3n) is 3.34. The molecule has 106 valence electrons. The Hall–Kier alpha value is -2.27. The van der Waals surface area contributed by atoms with Crippen LogP contribution in [0.4, 0.5) is 10.5 Å². The number of amides is 2. The minimum absolute atomic E-state index is 0.318. The second kappa shape index (κ2) is 5.61.